The van der Waals surface area contributed by atoms with E-state index in [4.69, 9.17) is 18.9 Å². The minimum absolute atomic E-state index is 0.190. The average molecular weight is 625 g/mol. The number of thioether (sulfide) groups is 1. The largest absolute Gasteiger partial charge is 0.497 e. The van der Waals surface area contributed by atoms with Gasteiger partial charge in [0.15, 0.2) is 0 Å². The zero-order valence-corrected chi connectivity index (χ0v) is 24.2. The molecule has 0 aromatic heterocycles. The van der Waals surface area contributed by atoms with Gasteiger partial charge >= 0.3 is 0 Å². The van der Waals surface area contributed by atoms with Crippen LogP contribution in [0.1, 0.15) is 20.7 Å². The topological polar surface area (TPSA) is 216 Å². The van der Waals surface area contributed by atoms with Crippen molar-refractivity contribution >= 4 is 23.6 Å². The summed E-state index contributed by atoms with van der Waals surface area (Å²) in [6.45, 7) is -1.33. The highest BCUT2D eigenvalue weighted by molar-refractivity contribution is 8.00. The van der Waals surface area contributed by atoms with Crippen molar-refractivity contribution in [2.45, 2.75) is 59.6 Å². The third-order valence-corrected chi connectivity index (χ3v) is 8.61. The van der Waals surface area contributed by atoms with Gasteiger partial charge in [-0.05, 0) is 36.4 Å². The van der Waals surface area contributed by atoms with Crippen LogP contribution in [0, 0.1) is 0 Å². The van der Waals surface area contributed by atoms with Crippen molar-refractivity contribution in [2.24, 2.45) is 0 Å². The van der Waals surface area contributed by atoms with Gasteiger partial charge in [-0.3, -0.25) is 9.59 Å². The molecule has 8 N–H and O–H groups in total. The summed E-state index contributed by atoms with van der Waals surface area (Å²) < 4.78 is 21.7. The van der Waals surface area contributed by atoms with Crippen LogP contribution in [0.25, 0.3) is 0 Å². The Hall–Kier alpha value is -2.99. The number of amides is 2. The van der Waals surface area contributed by atoms with Crippen molar-refractivity contribution < 1.29 is 59.2 Å². The summed E-state index contributed by atoms with van der Waals surface area (Å²) in [7, 11) is 2.88. The van der Waals surface area contributed by atoms with E-state index in [-0.39, 0.29) is 11.1 Å². The maximum absolute atomic E-state index is 13.0. The van der Waals surface area contributed by atoms with E-state index in [1.807, 2.05) is 0 Å². The van der Waals surface area contributed by atoms with Crippen LogP contribution >= 0.6 is 11.8 Å². The maximum atomic E-state index is 13.0. The maximum Gasteiger partial charge on any atom is 0.251 e. The molecule has 14 nitrogen and oxygen atoms in total. The second-order valence-electron chi connectivity index (χ2n) is 10.0. The number of hydrogen-bond donors (Lipinski definition) is 8. The van der Waals surface area contributed by atoms with Gasteiger partial charge in [0.1, 0.15) is 59.0 Å². The van der Waals surface area contributed by atoms with Gasteiger partial charge < -0.3 is 60.2 Å². The summed E-state index contributed by atoms with van der Waals surface area (Å²) >= 11 is 0.734. The lowest BCUT2D eigenvalue weighted by Crippen LogP contribution is -2.66. The highest BCUT2D eigenvalue weighted by Gasteiger charge is 2.50. The summed E-state index contributed by atoms with van der Waals surface area (Å²) in [6.07, 6.45) is -8.63. The van der Waals surface area contributed by atoms with Crippen molar-refractivity contribution in [2.75, 3.05) is 27.4 Å². The van der Waals surface area contributed by atoms with E-state index in [0.717, 1.165) is 11.8 Å². The van der Waals surface area contributed by atoms with Crippen LogP contribution in [0.2, 0.25) is 0 Å². The average Bonchev–Trinajstić information content (AvgIpc) is 3.03. The van der Waals surface area contributed by atoms with Crippen LogP contribution in [0.3, 0.4) is 0 Å². The molecule has 43 heavy (non-hydrogen) atoms. The van der Waals surface area contributed by atoms with Crippen molar-refractivity contribution in [3.8, 4) is 11.5 Å². The highest BCUT2D eigenvalue weighted by atomic mass is 32.2. The molecule has 4 rings (SSSR count). The Morgan fingerprint density at radius 2 is 1.12 bits per heavy atom. The Morgan fingerprint density at radius 3 is 1.47 bits per heavy atom. The Morgan fingerprint density at radius 1 is 0.721 bits per heavy atom. The summed E-state index contributed by atoms with van der Waals surface area (Å²) in [4.78, 5) is 25.9. The summed E-state index contributed by atoms with van der Waals surface area (Å²) in [5.74, 6) is -0.442. The van der Waals surface area contributed by atoms with Gasteiger partial charge in [-0.2, -0.15) is 0 Å². The Balaban J connectivity index is 1.51. The first-order valence-electron chi connectivity index (χ1n) is 13.4. The standard InChI is InChI=1S/C28H36N2O12S/c1-39-15-7-3-5-13(9-15)25(37)29-19-21(33)17(11-31)41-27(23(19)35)43-28-24(36)20(22(34)18(12-32)42-28)30-26(38)14-6-4-8-16(10-14)40-2/h3-10,17-24,27-28,31-36H,11-12H2,1-2H3,(H,29,37)(H,30,38)/t17-,18-,19-,20-,21+,22+,23-,24-,27+,28+/m1/s1. The van der Waals surface area contributed by atoms with Gasteiger partial charge in [0.25, 0.3) is 11.8 Å². The summed E-state index contributed by atoms with van der Waals surface area (Å²) in [5, 5.41) is 68.7. The SMILES string of the molecule is COc1cccc(C(=O)N[C@@H]2[C@@H](O)[C@@H](CO)O[C@@H](S[C@@H]3O[C@H](CO)[C@H](O)[C@@H](NC(=O)c4cccc(OC)c4)[C@H]3O)[C@@H]2O)c1. The fraction of sp³-hybridized carbons (Fsp3) is 0.500. The normalized spacial score (nSPS) is 32.5. The first-order valence-corrected chi connectivity index (χ1v) is 14.4. The molecule has 2 heterocycles. The second-order valence-corrected chi connectivity index (χ2v) is 11.2. The first-order chi connectivity index (χ1) is 20.6. The minimum atomic E-state index is -1.57. The van der Waals surface area contributed by atoms with Crippen molar-refractivity contribution in [3.63, 3.8) is 0 Å². The lowest BCUT2D eigenvalue weighted by atomic mass is 9.96. The van der Waals surface area contributed by atoms with Gasteiger partial charge in [0.2, 0.25) is 0 Å². The van der Waals surface area contributed by atoms with E-state index < -0.39 is 84.6 Å². The van der Waals surface area contributed by atoms with Crippen LogP contribution in [0.15, 0.2) is 48.5 Å². The van der Waals surface area contributed by atoms with Gasteiger partial charge in [-0.15, -0.1) is 0 Å². The van der Waals surface area contributed by atoms with E-state index in [9.17, 15) is 40.2 Å². The number of ether oxygens (including phenoxy) is 4. The Labute approximate surface area is 251 Å². The van der Waals surface area contributed by atoms with Crippen molar-refractivity contribution in [1.82, 2.24) is 10.6 Å². The molecule has 15 heteroatoms. The number of rotatable bonds is 10. The fourth-order valence-corrected chi connectivity index (χ4v) is 6.21. The molecule has 236 valence electrons. The van der Waals surface area contributed by atoms with Gasteiger partial charge in [0, 0.05) is 11.1 Å². The van der Waals surface area contributed by atoms with E-state index in [1.54, 1.807) is 24.3 Å². The third-order valence-electron chi connectivity index (χ3n) is 7.30. The first kappa shape index (κ1) is 32.9. The molecular weight excluding hydrogens is 588 g/mol. The predicted molar refractivity (Wildman–Crippen MR) is 152 cm³/mol. The van der Waals surface area contributed by atoms with E-state index >= 15 is 0 Å². The molecule has 2 aromatic carbocycles. The van der Waals surface area contributed by atoms with E-state index in [0.29, 0.717) is 11.5 Å². The zero-order chi connectivity index (χ0) is 31.3. The molecule has 0 saturated carbocycles. The summed E-state index contributed by atoms with van der Waals surface area (Å²) in [5.41, 5.74) is -2.17. The Bertz CT molecular complexity index is 1160. The summed E-state index contributed by atoms with van der Waals surface area (Å²) in [6, 6.07) is 9.80. The smallest absolute Gasteiger partial charge is 0.251 e. The van der Waals surface area contributed by atoms with Crippen molar-refractivity contribution in [3.05, 3.63) is 59.7 Å². The molecule has 0 spiro atoms. The number of carbonyl (C=O) groups is 2. The lowest BCUT2D eigenvalue weighted by Gasteiger charge is -2.46. The molecule has 10 atom stereocenters. The number of nitrogens with one attached hydrogen (secondary N) is 2. The van der Waals surface area contributed by atoms with Crippen LogP contribution in [-0.2, 0) is 9.47 Å². The molecule has 0 radical (unpaired) electrons. The molecule has 0 aliphatic carbocycles. The lowest BCUT2D eigenvalue weighted by molar-refractivity contribution is -0.175. The quantitative estimate of drug-likeness (QED) is 0.147. The number of aliphatic hydroxyl groups is 6. The molecule has 0 unspecified atom stereocenters. The van der Waals surface area contributed by atoms with Crippen LogP contribution in [-0.4, -0.2) is 129 Å². The van der Waals surface area contributed by atoms with Crippen LogP contribution < -0.4 is 20.1 Å². The monoisotopic (exact) mass is 624 g/mol. The highest BCUT2D eigenvalue weighted by Crippen LogP contribution is 2.37. The second kappa shape index (κ2) is 14.7. The zero-order valence-electron chi connectivity index (χ0n) is 23.3. The molecule has 0 bridgehead atoms. The molecule has 2 aliphatic heterocycles. The number of hydrogen-bond acceptors (Lipinski definition) is 13. The fourth-order valence-electron chi connectivity index (χ4n) is 4.87. The van der Waals surface area contributed by atoms with Gasteiger partial charge in [-0.25, -0.2) is 0 Å². The number of benzene rings is 2. The van der Waals surface area contributed by atoms with E-state index in [2.05, 4.69) is 10.6 Å². The van der Waals surface area contributed by atoms with Crippen LogP contribution in [0.4, 0.5) is 0 Å². The molecule has 2 aromatic rings. The van der Waals surface area contributed by atoms with Gasteiger partial charge in [0.05, 0.1) is 39.5 Å². The third kappa shape index (κ3) is 7.39. The van der Waals surface area contributed by atoms with Crippen LogP contribution in [0.5, 0.6) is 11.5 Å². The number of methoxy groups -OCH3 is 2. The van der Waals surface area contributed by atoms with Gasteiger partial charge in [-0.1, -0.05) is 23.9 Å². The number of aliphatic hydroxyl groups excluding tert-OH is 6. The molecule has 2 aliphatic rings. The molecule has 2 fully saturated rings. The predicted octanol–water partition coefficient (Wildman–Crippen LogP) is -1.79. The minimum Gasteiger partial charge on any atom is -0.497 e. The molecule has 2 saturated heterocycles. The molecular formula is C28H36N2O12S. The Kier molecular flexibility index (Phi) is 11.2. The van der Waals surface area contributed by atoms with Crippen molar-refractivity contribution in [1.29, 1.82) is 0 Å². The molecule has 2 amide bonds. The van der Waals surface area contributed by atoms with E-state index in [1.165, 1.54) is 38.5 Å². The number of carbonyl (C=O) groups excluding carboxylic acids is 2.